The van der Waals surface area contributed by atoms with Crippen LogP contribution in [-0.4, -0.2) is 9.97 Å². The highest BCUT2D eigenvalue weighted by Gasteiger charge is 2.05. The number of hydrogen-bond acceptors (Lipinski definition) is 2. The summed E-state index contributed by atoms with van der Waals surface area (Å²) in [5, 5.41) is 2.99. The van der Waals surface area contributed by atoms with Gasteiger partial charge in [0.05, 0.1) is 4.47 Å². The Morgan fingerprint density at radius 1 is 1.47 bits per heavy atom. The maximum absolute atomic E-state index is 13.3. The normalized spacial score (nSPS) is 10.3. The molecular weight excluding hydrogens is 261 g/mol. The van der Waals surface area contributed by atoms with Crippen molar-refractivity contribution in [3.8, 4) is 0 Å². The summed E-state index contributed by atoms with van der Waals surface area (Å²) in [4.78, 5) is 6.89. The Labute approximate surface area is 94.9 Å². The van der Waals surface area contributed by atoms with Crippen LogP contribution in [0.3, 0.4) is 0 Å². The molecule has 0 saturated heterocycles. The van der Waals surface area contributed by atoms with Crippen molar-refractivity contribution in [3.63, 3.8) is 0 Å². The van der Waals surface area contributed by atoms with Crippen molar-refractivity contribution in [2.75, 3.05) is 5.32 Å². The lowest BCUT2D eigenvalue weighted by Gasteiger charge is -2.07. The number of benzene rings is 1. The lowest BCUT2D eigenvalue weighted by Crippen LogP contribution is -1.96. The molecule has 2 N–H and O–H groups in total. The van der Waals surface area contributed by atoms with Crippen LogP contribution in [0.2, 0.25) is 0 Å². The third kappa shape index (κ3) is 2.18. The number of rotatable bonds is 2. The molecule has 0 amide bonds. The van der Waals surface area contributed by atoms with Crippen molar-refractivity contribution in [3.05, 3.63) is 40.4 Å². The largest absolute Gasteiger partial charge is 0.331 e. The van der Waals surface area contributed by atoms with E-state index in [1.54, 1.807) is 18.5 Å². The summed E-state index contributed by atoms with van der Waals surface area (Å²) in [5.74, 6) is 0.300. The second kappa shape index (κ2) is 4.02. The van der Waals surface area contributed by atoms with Crippen LogP contribution in [0.15, 0.2) is 29.0 Å². The van der Waals surface area contributed by atoms with Crippen LogP contribution in [0.5, 0.6) is 0 Å². The third-order valence-corrected chi connectivity index (χ3v) is 2.63. The second-order valence-corrected chi connectivity index (χ2v) is 4.00. The summed E-state index contributed by atoms with van der Waals surface area (Å²) in [6.45, 7) is 1.90. The van der Waals surface area contributed by atoms with Crippen molar-refractivity contribution in [1.82, 2.24) is 9.97 Å². The number of aromatic nitrogens is 2. The molecule has 0 spiro atoms. The zero-order valence-electron chi connectivity index (χ0n) is 8.01. The minimum Gasteiger partial charge on any atom is -0.331 e. The smallest absolute Gasteiger partial charge is 0.204 e. The van der Waals surface area contributed by atoms with Gasteiger partial charge in [-0.05, 0) is 40.5 Å². The van der Waals surface area contributed by atoms with E-state index in [1.807, 2.05) is 6.92 Å². The van der Waals surface area contributed by atoms with E-state index >= 15 is 0 Å². The third-order valence-electron chi connectivity index (χ3n) is 2.02. The molecule has 0 atom stereocenters. The molecule has 0 aliphatic rings. The highest BCUT2D eigenvalue weighted by Crippen LogP contribution is 2.25. The van der Waals surface area contributed by atoms with E-state index in [0.717, 1.165) is 5.56 Å². The maximum Gasteiger partial charge on any atom is 0.204 e. The van der Waals surface area contributed by atoms with E-state index in [9.17, 15) is 4.39 Å². The molecule has 2 aromatic rings. The van der Waals surface area contributed by atoms with Gasteiger partial charge in [-0.3, -0.25) is 0 Å². The molecule has 15 heavy (non-hydrogen) atoms. The Balaban J connectivity index is 2.33. The van der Waals surface area contributed by atoms with Crippen molar-refractivity contribution >= 4 is 27.6 Å². The van der Waals surface area contributed by atoms with Crippen LogP contribution >= 0.6 is 15.9 Å². The average Bonchev–Trinajstić information content (AvgIpc) is 2.67. The maximum atomic E-state index is 13.3. The van der Waals surface area contributed by atoms with E-state index in [0.29, 0.717) is 16.1 Å². The molecule has 78 valence electrons. The lowest BCUT2D eigenvalue weighted by molar-refractivity contribution is 0.621. The molecule has 0 bridgehead atoms. The number of nitrogens with one attached hydrogen (secondary N) is 2. The monoisotopic (exact) mass is 269 g/mol. The molecule has 1 aromatic heterocycles. The average molecular weight is 270 g/mol. The van der Waals surface area contributed by atoms with Gasteiger partial charge in [0.15, 0.2) is 0 Å². The minimum absolute atomic E-state index is 0.297. The lowest BCUT2D eigenvalue weighted by atomic mass is 10.2. The van der Waals surface area contributed by atoms with Gasteiger partial charge in [-0.2, -0.15) is 0 Å². The number of nitrogens with zero attached hydrogens (tertiary/aromatic N) is 1. The van der Waals surface area contributed by atoms with Gasteiger partial charge in [-0.1, -0.05) is 0 Å². The summed E-state index contributed by atoms with van der Waals surface area (Å²) in [6, 6.07) is 3.16. The first kappa shape index (κ1) is 10.2. The summed E-state index contributed by atoms with van der Waals surface area (Å²) in [7, 11) is 0. The number of halogens is 2. The van der Waals surface area contributed by atoms with Crippen LogP contribution in [0.25, 0.3) is 0 Å². The number of H-pyrrole nitrogens is 1. The molecule has 0 saturated carbocycles. The van der Waals surface area contributed by atoms with Crippen molar-refractivity contribution in [2.24, 2.45) is 0 Å². The summed E-state index contributed by atoms with van der Waals surface area (Å²) in [6.07, 6.45) is 3.33. The van der Waals surface area contributed by atoms with Gasteiger partial charge in [-0.25, -0.2) is 9.37 Å². The van der Waals surface area contributed by atoms with E-state index in [4.69, 9.17) is 0 Å². The van der Waals surface area contributed by atoms with E-state index < -0.39 is 0 Å². The standard InChI is InChI=1S/C10H9BrFN3/c1-6-4-7(11)8(12)5-9(6)15-10-13-2-3-14-10/h2-5H,1H3,(H2,13,14,15). The highest BCUT2D eigenvalue weighted by molar-refractivity contribution is 9.10. The first-order valence-corrected chi connectivity index (χ1v) is 5.18. The molecular formula is C10H9BrFN3. The zero-order valence-corrected chi connectivity index (χ0v) is 9.60. The van der Waals surface area contributed by atoms with Crippen LogP contribution in [0.4, 0.5) is 16.0 Å². The van der Waals surface area contributed by atoms with Gasteiger partial charge in [0, 0.05) is 18.1 Å². The van der Waals surface area contributed by atoms with Crippen molar-refractivity contribution < 1.29 is 4.39 Å². The topological polar surface area (TPSA) is 40.7 Å². The minimum atomic E-state index is -0.297. The fourth-order valence-corrected chi connectivity index (χ4v) is 1.70. The number of hydrogen-bond donors (Lipinski definition) is 2. The molecule has 0 aliphatic carbocycles. The molecule has 3 nitrogen and oxygen atoms in total. The molecule has 5 heteroatoms. The Bertz CT molecular complexity index is 468. The highest BCUT2D eigenvalue weighted by atomic mass is 79.9. The van der Waals surface area contributed by atoms with Crippen molar-refractivity contribution in [1.29, 1.82) is 0 Å². The number of aromatic amines is 1. The number of imidazole rings is 1. The van der Waals surface area contributed by atoms with E-state index in [-0.39, 0.29) is 5.82 Å². The van der Waals surface area contributed by atoms with Crippen molar-refractivity contribution in [2.45, 2.75) is 6.92 Å². The van der Waals surface area contributed by atoms with Gasteiger partial charge in [0.25, 0.3) is 0 Å². The van der Waals surface area contributed by atoms with Gasteiger partial charge in [0.2, 0.25) is 5.95 Å². The molecule has 0 radical (unpaired) electrons. The van der Waals surface area contributed by atoms with Crippen LogP contribution < -0.4 is 5.32 Å². The Hall–Kier alpha value is -1.36. The quantitative estimate of drug-likeness (QED) is 0.878. The molecule has 2 rings (SSSR count). The summed E-state index contributed by atoms with van der Waals surface area (Å²) < 4.78 is 13.7. The summed E-state index contributed by atoms with van der Waals surface area (Å²) in [5.41, 5.74) is 1.64. The van der Waals surface area contributed by atoms with Gasteiger partial charge in [0.1, 0.15) is 5.82 Å². The predicted molar refractivity (Wildman–Crippen MR) is 60.7 cm³/mol. The first-order chi connectivity index (χ1) is 7.16. The van der Waals surface area contributed by atoms with Crippen LogP contribution in [0.1, 0.15) is 5.56 Å². The second-order valence-electron chi connectivity index (χ2n) is 3.14. The van der Waals surface area contributed by atoms with Gasteiger partial charge < -0.3 is 10.3 Å². The molecule has 1 aromatic carbocycles. The van der Waals surface area contributed by atoms with Crippen LogP contribution in [-0.2, 0) is 0 Å². The predicted octanol–water partition coefficient (Wildman–Crippen LogP) is 3.36. The Morgan fingerprint density at radius 3 is 2.93 bits per heavy atom. The number of anilines is 2. The fraction of sp³-hybridized carbons (Fsp3) is 0.100. The number of aryl methyl sites for hydroxylation is 1. The Kier molecular flexibility index (Phi) is 2.73. The van der Waals surface area contributed by atoms with Gasteiger partial charge in [-0.15, -0.1) is 0 Å². The zero-order chi connectivity index (χ0) is 10.8. The van der Waals surface area contributed by atoms with Gasteiger partial charge >= 0.3 is 0 Å². The fourth-order valence-electron chi connectivity index (χ4n) is 1.24. The van der Waals surface area contributed by atoms with Crippen LogP contribution in [0, 0.1) is 12.7 Å². The van der Waals surface area contributed by atoms with E-state index in [2.05, 4.69) is 31.2 Å². The molecule has 0 unspecified atom stereocenters. The Morgan fingerprint density at radius 2 is 2.27 bits per heavy atom. The SMILES string of the molecule is Cc1cc(Br)c(F)cc1Nc1ncc[nH]1. The first-order valence-electron chi connectivity index (χ1n) is 4.39. The molecule has 0 fully saturated rings. The molecule has 1 heterocycles. The summed E-state index contributed by atoms with van der Waals surface area (Å²) >= 11 is 3.13. The van der Waals surface area contributed by atoms with E-state index in [1.165, 1.54) is 6.07 Å². The molecule has 0 aliphatic heterocycles.